The molecule has 2 heterocycles. The van der Waals surface area contributed by atoms with Crippen molar-refractivity contribution >= 4 is 11.5 Å². The summed E-state index contributed by atoms with van der Waals surface area (Å²) in [6.07, 6.45) is 7.13. The Kier molecular flexibility index (Phi) is 5.07. The topological polar surface area (TPSA) is 65.1 Å². The Morgan fingerprint density at radius 3 is 3.00 bits per heavy atom. The molecule has 1 unspecified atom stereocenters. The molecule has 1 aromatic heterocycles. The third kappa shape index (κ3) is 3.62. The maximum absolute atomic E-state index is 6.13. The van der Waals surface area contributed by atoms with Crippen LogP contribution in [-0.2, 0) is 18.2 Å². The predicted molar refractivity (Wildman–Crippen MR) is 78.3 cm³/mol. The van der Waals surface area contributed by atoms with Crippen LogP contribution in [0.2, 0.25) is 0 Å². The zero-order chi connectivity index (χ0) is 13.7. The van der Waals surface area contributed by atoms with E-state index in [0.29, 0.717) is 6.10 Å². The van der Waals surface area contributed by atoms with Gasteiger partial charge in [0.25, 0.3) is 0 Å². The van der Waals surface area contributed by atoms with E-state index in [2.05, 4.69) is 17.3 Å². The van der Waals surface area contributed by atoms with E-state index in [-0.39, 0.29) is 0 Å². The highest BCUT2D eigenvalue weighted by Crippen LogP contribution is 2.23. The van der Waals surface area contributed by atoms with Crippen molar-refractivity contribution in [2.45, 2.75) is 51.6 Å². The van der Waals surface area contributed by atoms with Gasteiger partial charge in [0.15, 0.2) is 0 Å². The van der Waals surface area contributed by atoms with Crippen molar-refractivity contribution in [2.24, 2.45) is 7.05 Å². The molecule has 0 amide bonds. The molecule has 108 valence electrons. The van der Waals surface area contributed by atoms with Gasteiger partial charge in [-0.15, -0.1) is 0 Å². The van der Waals surface area contributed by atoms with E-state index in [0.717, 1.165) is 49.6 Å². The van der Waals surface area contributed by atoms with Crippen LogP contribution in [0.25, 0.3) is 0 Å². The highest BCUT2D eigenvalue weighted by molar-refractivity contribution is 5.65. The number of nitrogens with two attached hydrogens (primary N) is 1. The first-order valence-electron chi connectivity index (χ1n) is 7.39. The number of hydrogen-bond donors (Lipinski definition) is 2. The summed E-state index contributed by atoms with van der Waals surface area (Å²) in [5, 5.41) is 7.87. The Labute approximate surface area is 115 Å². The molecule has 2 rings (SSSR count). The highest BCUT2D eigenvalue weighted by Gasteiger charge is 2.15. The van der Waals surface area contributed by atoms with E-state index in [1.807, 2.05) is 11.7 Å². The van der Waals surface area contributed by atoms with Crippen LogP contribution in [0.15, 0.2) is 0 Å². The second-order valence-electron chi connectivity index (χ2n) is 5.29. The molecule has 5 nitrogen and oxygen atoms in total. The van der Waals surface area contributed by atoms with E-state index in [1.54, 1.807) is 0 Å². The molecule has 5 heteroatoms. The predicted octanol–water partition coefficient (Wildman–Crippen LogP) is 2.33. The quantitative estimate of drug-likeness (QED) is 0.829. The summed E-state index contributed by atoms with van der Waals surface area (Å²) in [5.41, 5.74) is 7.93. The lowest BCUT2D eigenvalue weighted by molar-refractivity contribution is 0.0134. The monoisotopic (exact) mass is 266 g/mol. The van der Waals surface area contributed by atoms with Crippen molar-refractivity contribution in [3.8, 4) is 0 Å². The zero-order valence-corrected chi connectivity index (χ0v) is 12.1. The van der Waals surface area contributed by atoms with Crippen LogP contribution < -0.4 is 11.1 Å². The molecule has 1 saturated heterocycles. The third-order valence-electron chi connectivity index (χ3n) is 3.68. The van der Waals surface area contributed by atoms with Gasteiger partial charge in [-0.05, 0) is 32.1 Å². The first-order valence-corrected chi connectivity index (χ1v) is 7.39. The number of aromatic nitrogens is 2. The van der Waals surface area contributed by atoms with Crippen LogP contribution in [0.1, 0.15) is 44.7 Å². The van der Waals surface area contributed by atoms with Crippen LogP contribution in [0, 0.1) is 0 Å². The average molecular weight is 266 g/mol. The minimum absolute atomic E-state index is 0.408. The van der Waals surface area contributed by atoms with Gasteiger partial charge in [0.1, 0.15) is 5.82 Å². The van der Waals surface area contributed by atoms with Gasteiger partial charge in [-0.2, -0.15) is 5.10 Å². The molecule has 1 aliphatic heterocycles. The summed E-state index contributed by atoms with van der Waals surface area (Å²) in [5.74, 6) is 0.944. The zero-order valence-electron chi connectivity index (χ0n) is 12.1. The number of ether oxygens (including phenoxy) is 1. The lowest BCUT2D eigenvalue weighted by Crippen LogP contribution is -2.22. The number of aryl methyl sites for hydroxylation is 2. The number of nitrogen functional groups attached to an aromatic ring is 1. The molecule has 0 aromatic carbocycles. The lowest BCUT2D eigenvalue weighted by atomic mass is 10.1. The van der Waals surface area contributed by atoms with Crippen LogP contribution in [0.4, 0.5) is 11.5 Å². The van der Waals surface area contributed by atoms with Gasteiger partial charge < -0.3 is 15.8 Å². The largest absolute Gasteiger partial charge is 0.394 e. The molecule has 19 heavy (non-hydrogen) atoms. The molecule has 0 radical (unpaired) electrons. The van der Waals surface area contributed by atoms with Gasteiger partial charge in [-0.1, -0.05) is 13.3 Å². The van der Waals surface area contributed by atoms with Crippen LogP contribution in [-0.4, -0.2) is 29.0 Å². The SMILES string of the molecule is CCCc1nn(C)c(NCCC2CCCCO2)c1N. The average Bonchev–Trinajstić information content (AvgIpc) is 2.68. The molecule has 1 fully saturated rings. The van der Waals surface area contributed by atoms with E-state index in [9.17, 15) is 0 Å². The number of hydrogen-bond acceptors (Lipinski definition) is 4. The summed E-state index contributed by atoms with van der Waals surface area (Å²) >= 11 is 0. The summed E-state index contributed by atoms with van der Waals surface area (Å²) in [4.78, 5) is 0. The van der Waals surface area contributed by atoms with Crippen molar-refractivity contribution in [1.29, 1.82) is 0 Å². The van der Waals surface area contributed by atoms with Gasteiger partial charge in [0, 0.05) is 20.2 Å². The standard InChI is InChI=1S/C14H26N4O/c1-3-6-12-13(15)14(18(2)17-12)16-9-8-11-7-4-5-10-19-11/h11,16H,3-10,15H2,1-2H3. The molecule has 0 aliphatic carbocycles. The molecule has 0 saturated carbocycles. The summed E-state index contributed by atoms with van der Waals surface area (Å²) in [6, 6.07) is 0. The van der Waals surface area contributed by atoms with Crippen molar-refractivity contribution in [2.75, 3.05) is 24.2 Å². The molecule has 0 spiro atoms. The Bertz CT molecular complexity index is 396. The smallest absolute Gasteiger partial charge is 0.147 e. The van der Waals surface area contributed by atoms with E-state index >= 15 is 0 Å². The summed E-state index contributed by atoms with van der Waals surface area (Å²) < 4.78 is 7.58. The molecule has 1 aliphatic rings. The molecule has 3 N–H and O–H groups in total. The summed E-state index contributed by atoms with van der Waals surface area (Å²) in [6.45, 7) is 3.95. The van der Waals surface area contributed by atoms with E-state index in [1.165, 1.54) is 19.3 Å². The lowest BCUT2D eigenvalue weighted by Gasteiger charge is -2.22. The number of rotatable bonds is 6. The Morgan fingerprint density at radius 2 is 2.32 bits per heavy atom. The molecule has 1 atom stereocenters. The number of nitrogens with zero attached hydrogens (tertiary/aromatic N) is 2. The van der Waals surface area contributed by atoms with Gasteiger partial charge in [-0.25, -0.2) is 0 Å². The first-order chi connectivity index (χ1) is 9.22. The van der Waals surface area contributed by atoms with Gasteiger partial charge in [0.2, 0.25) is 0 Å². The summed E-state index contributed by atoms with van der Waals surface area (Å²) in [7, 11) is 1.94. The second-order valence-corrected chi connectivity index (χ2v) is 5.29. The second kappa shape index (κ2) is 6.80. The maximum Gasteiger partial charge on any atom is 0.147 e. The maximum atomic E-state index is 6.13. The van der Waals surface area contributed by atoms with Crippen LogP contribution >= 0.6 is 0 Å². The fourth-order valence-corrected chi connectivity index (χ4v) is 2.61. The van der Waals surface area contributed by atoms with Gasteiger partial charge in [-0.3, -0.25) is 4.68 Å². The van der Waals surface area contributed by atoms with E-state index in [4.69, 9.17) is 10.5 Å². The molecule has 0 bridgehead atoms. The van der Waals surface area contributed by atoms with Crippen molar-refractivity contribution < 1.29 is 4.74 Å². The Morgan fingerprint density at radius 1 is 1.47 bits per heavy atom. The fraction of sp³-hybridized carbons (Fsp3) is 0.786. The Hall–Kier alpha value is -1.23. The first kappa shape index (κ1) is 14.2. The minimum atomic E-state index is 0.408. The van der Waals surface area contributed by atoms with Crippen LogP contribution in [0.3, 0.4) is 0 Å². The van der Waals surface area contributed by atoms with Gasteiger partial charge >= 0.3 is 0 Å². The third-order valence-corrected chi connectivity index (χ3v) is 3.68. The van der Waals surface area contributed by atoms with Crippen molar-refractivity contribution in [3.63, 3.8) is 0 Å². The fourth-order valence-electron chi connectivity index (χ4n) is 2.61. The molecular weight excluding hydrogens is 240 g/mol. The van der Waals surface area contributed by atoms with Crippen LogP contribution in [0.5, 0.6) is 0 Å². The Balaban J connectivity index is 1.84. The normalized spacial score (nSPS) is 19.6. The number of nitrogens with one attached hydrogen (secondary N) is 1. The molecular formula is C14H26N4O. The van der Waals surface area contributed by atoms with E-state index < -0.39 is 0 Å². The van der Waals surface area contributed by atoms with Gasteiger partial charge in [0.05, 0.1) is 17.5 Å². The number of anilines is 2. The van der Waals surface area contributed by atoms with Crippen molar-refractivity contribution in [3.05, 3.63) is 5.69 Å². The highest BCUT2D eigenvalue weighted by atomic mass is 16.5. The molecule has 1 aromatic rings. The minimum Gasteiger partial charge on any atom is -0.394 e. The van der Waals surface area contributed by atoms with Crippen molar-refractivity contribution in [1.82, 2.24) is 9.78 Å².